The van der Waals surface area contributed by atoms with E-state index in [4.69, 9.17) is 0 Å². The molecule has 0 radical (unpaired) electrons. The van der Waals surface area contributed by atoms with Crippen molar-refractivity contribution in [1.29, 1.82) is 0 Å². The molecule has 0 unspecified atom stereocenters. The van der Waals surface area contributed by atoms with Gasteiger partial charge in [-0.1, -0.05) is 20.8 Å². The van der Waals surface area contributed by atoms with E-state index in [1.54, 1.807) is 0 Å². The van der Waals surface area contributed by atoms with E-state index in [1.807, 2.05) is 11.7 Å². The molecule has 0 aromatic carbocycles. The van der Waals surface area contributed by atoms with Gasteiger partial charge < -0.3 is 4.90 Å². The molecule has 4 nitrogen and oxygen atoms in total. The molecule has 1 aliphatic rings. The second kappa shape index (κ2) is 7.05. The average Bonchev–Trinajstić information content (AvgIpc) is 2.67. The third-order valence-electron chi connectivity index (χ3n) is 3.96. The molecule has 20 heavy (non-hydrogen) atoms. The van der Waals surface area contributed by atoms with Gasteiger partial charge in [-0.2, -0.15) is 5.10 Å². The van der Waals surface area contributed by atoms with Crippen LogP contribution in [-0.4, -0.2) is 52.3 Å². The molecular formula is C15H27BrN4. The van der Waals surface area contributed by atoms with Crippen LogP contribution >= 0.6 is 15.9 Å². The summed E-state index contributed by atoms with van der Waals surface area (Å²) in [5, 5.41) is 4.58. The third-order valence-corrected chi connectivity index (χ3v) is 4.88. The average molecular weight is 343 g/mol. The maximum Gasteiger partial charge on any atom is 0.0767 e. The molecule has 0 aliphatic carbocycles. The SMILES string of the molecule is CCc1nn(C)c(CN2CCN(CC(C)C)CC2)c1Br. The molecule has 0 amide bonds. The van der Waals surface area contributed by atoms with Crippen molar-refractivity contribution < 1.29 is 0 Å². The summed E-state index contributed by atoms with van der Waals surface area (Å²) in [6.07, 6.45) is 0.983. The molecule has 1 aromatic rings. The largest absolute Gasteiger partial charge is 0.301 e. The Morgan fingerprint density at radius 2 is 1.75 bits per heavy atom. The van der Waals surface area contributed by atoms with Crippen LogP contribution in [0.5, 0.6) is 0 Å². The van der Waals surface area contributed by atoms with Crippen molar-refractivity contribution in [3.63, 3.8) is 0 Å². The van der Waals surface area contributed by atoms with Gasteiger partial charge in [-0.25, -0.2) is 0 Å². The van der Waals surface area contributed by atoms with Crippen molar-refractivity contribution in [2.45, 2.75) is 33.7 Å². The highest BCUT2D eigenvalue weighted by molar-refractivity contribution is 9.10. The first-order valence-corrected chi connectivity index (χ1v) is 8.45. The molecular weight excluding hydrogens is 316 g/mol. The van der Waals surface area contributed by atoms with Crippen LogP contribution in [0.3, 0.4) is 0 Å². The first-order valence-electron chi connectivity index (χ1n) is 7.66. The van der Waals surface area contributed by atoms with Crippen LogP contribution in [0.1, 0.15) is 32.2 Å². The van der Waals surface area contributed by atoms with Gasteiger partial charge in [-0.3, -0.25) is 9.58 Å². The Morgan fingerprint density at radius 3 is 2.25 bits per heavy atom. The van der Waals surface area contributed by atoms with Crippen LogP contribution in [0.2, 0.25) is 0 Å². The number of aromatic nitrogens is 2. The summed E-state index contributed by atoms with van der Waals surface area (Å²) >= 11 is 3.71. The lowest BCUT2D eigenvalue weighted by molar-refractivity contribution is 0.115. The number of hydrogen-bond donors (Lipinski definition) is 0. The van der Waals surface area contributed by atoms with E-state index in [1.165, 1.54) is 35.5 Å². The second-order valence-corrected chi connectivity index (χ2v) is 6.95. The van der Waals surface area contributed by atoms with Crippen molar-refractivity contribution in [2.75, 3.05) is 32.7 Å². The van der Waals surface area contributed by atoms with Gasteiger partial charge in [-0.15, -0.1) is 0 Å². The van der Waals surface area contributed by atoms with Crippen molar-refractivity contribution in [3.05, 3.63) is 15.9 Å². The van der Waals surface area contributed by atoms with Gasteiger partial charge in [0.25, 0.3) is 0 Å². The molecule has 1 fully saturated rings. The van der Waals surface area contributed by atoms with Gasteiger partial charge in [0.1, 0.15) is 0 Å². The van der Waals surface area contributed by atoms with E-state index in [0.717, 1.165) is 32.0 Å². The first kappa shape index (κ1) is 16.0. The predicted octanol–water partition coefficient (Wildman–Crippen LogP) is 2.52. The van der Waals surface area contributed by atoms with E-state index in [0.29, 0.717) is 0 Å². The Balaban J connectivity index is 1.91. The van der Waals surface area contributed by atoms with E-state index in [2.05, 4.69) is 51.6 Å². The minimum atomic E-state index is 0.764. The lowest BCUT2D eigenvalue weighted by Gasteiger charge is -2.35. The van der Waals surface area contributed by atoms with Crippen molar-refractivity contribution in [2.24, 2.45) is 13.0 Å². The summed E-state index contributed by atoms with van der Waals surface area (Å²) in [5.41, 5.74) is 2.47. The smallest absolute Gasteiger partial charge is 0.0767 e. The number of halogens is 1. The number of rotatable bonds is 5. The lowest BCUT2D eigenvalue weighted by Crippen LogP contribution is -2.47. The van der Waals surface area contributed by atoms with E-state index >= 15 is 0 Å². The zero-order chi connectivity index (χ0) is 14.7. The van der Waals surface area contributed by atoms with Crippen LogP contribution in [0, 0.1) is 5.92 Å². The fourth-order valence-corrected chi connectivity index (χ4v) is 3.59. The molecule has 0 bridgehead atoms. The highest BCUT2D eigenvalue weighted by Gasteiger charge is 2.20. The van der Waals surface area contributed by atoms with Gasteiger partial charge in [0, 0.05) is 46.3 Å². The van der Waals surface area contributed by atoms with Crippen molar-refractivity contribution >= 4 is 15.9 Å². The summed E-state index contributed by atoms with van der Waals surface area (Å²) < 4.78 is 3.23. The van der Waals surface area contributed by atoms with E-state index < -0.39 is 0 Å². The van der Waals surface area contributed by atoms with Crippen LogP contribution in [-0.2, 0) is 20.0 Å². The zero-order valence-corrected chi connectivity index (χ0v) is 14.8. The monoisotopic (exact) mass is 342 g/mol. The molecule has 0 saturated carbocycles. The molecule has 5 heteroatoms. The highest BCUT2D eigenvalue weighted by Crippen LogP contribution is 2.23. The van der Waals surface area contributed by atoms with Gasteiger partial charge >= 0.3 is 0 Å². The summed E-state index contributed by atoms with van der Waals surface area (Å²) in [5.74, 6) is 0.764. The van der Waals surface area contributed by atoms with Crippen molar-refractivity contribution in [1.82, 2.24) is 19.6 Å². The quantitative estimate of drug-likeness (QED) is 0.821. The number of hydrogen-bond acceptors (Lipinski definition) is 3. The molecule has 2 heterocycles. The molecule has 0 N–H and O–H groups in total. The standard InChI is InChI=1S/C15H27BrN4/c1-5-13-15(16)14(18(4)17-13)11-20-8-6-19(7-9-20)10-12(2)3/h12H,5-11H2,1-4H3. The Labute approximate surface area is 131 Å². The third kappa shape index (κ3) is 3.83. The molecule has 1 aromatic heterocycles. The highest BCUT2D eigenvalue weighted by atomic mass is 79.9. The number of aryl methyl sites for hydroxylation is 2. The number of nitrogens with zero attached hydrogens (tertiary/aromatic N) is 4. The van der Waals surface area contributed by atoms with Gasteiger partial charge in [0.05, 0.1) is 15.9 Å². The molecule has 0 spiro atoms. The molecule has 114 valence electrons. The number of piperazine rings is 1. The van der Waals surface area contributed by atoms with Crippen molar-refractivity contribution in [3.8, 4) is 0 Å². The minimum Gasteiger partial charge on any atom is -0.301 e. The topological polar surface area (TPSA) is 24.3 Å². The maximum atomic E-state index is 4.58. The summed E-state index contributed by atoms with van der Waals surface area (Å²) in [4.78, 5) is 5.12. The summed E-state index contributed by atoms with van der Waals surface area (Å²) in [6, 6.07) is 0. The van der Waals surface area contributed by atoms with Crippen LogP contribution in [0.4, 0.5) is 0 Å². The zero-order valence-electron chi connectivity index (χ0n) is 13.2. The van der Waals surface area contributed by atoms with Crippen LogP contribution in [0.25, 0.3) is 0 Å². The van der Waals surface area contributed by atoms with E-state index in [-0.39, 0.29) is 0 Å². The van der Waals surface area contributed by atoms with E-state index in [9.17, 15) is 0 Å². The Morgan fingerprint density at radius 1 is 1.15 bits per heavy atom. The van der Waals surface area contributed by atoms with Gasteiger partial charge in [0.15, 0.2) is 0 Å². The van der Waals surface area contributed by atoms with Crippen LogP contribution < -0.4 is 0 Å². The normalized spacial score (nSPS) is 18.1. The van der Waals surface area contributed by atoms with Crippen LogP contribution in [0.15, 0.2) is 4.47 Å². The predicted molar refractivity (Wildman–Crippen MR) is 86.8 cm³/mol. The summed E-state index contributed by atoms with van der Waals surface area (Å²) in [6.45, 7) is 13.7. The molecule has 2 rings (SSSR count). The minimum absolute atomic E-state index is 0.764. The molecule has 1 saturated heterocycles. The second-order valence-electron chi connectivity index (χ2n) is 6.16. The molecule has 1 aliphatic heterocycles. The first-order chi connectivity index (χ1) is 9.51. The lowest BCUT2D eigenvalue weighted by atomic mass is 10.2. The fraction of sp³-hybridized carbons (Fsp3) is 0.800. The fourth-order valence-electron chi connectivity index (χ4n) is 2.85. The van der Waals surface area contributed by atoms with Gasteiger partial charge in [0.2, 0.25) is 0 Å². The Bertz CT molecular complexity index is 433. The Hall–Kier alpha value is -0.390. The molecule has 0 atom stereocenters. The maximum absolute atomic E-state index is 4.58. The summed E-state index contributed by atoms with van der Waals surface area (Å²) in [7, 11) is 2.05. The Kier molecular flexibility index (Phi) is 5.64. The van der Waals surface area contributed by atoms with Gasteiger partial charge in [-0.05, 0) is 28.3 Å².